The molecule has 4 rings (SSSR count). The fourth-order valence-electron chi connectivity index (χ4n) is 3.98. The molecule has 3 aromatic carbocycles. The van der Waals surface area contributed by atoms with Gasteiger partial charge >= 0.3 is 0 Å². The molecule has 7 heteroatoms. The molecule has 1 N–H and O–H groups in total. The number of benzene rings is 3. The quantitative estimate of drug-likeness (QED) is 0.266. The third kappa shape index (κ3) is 4.50. The number of rotatable bonds is 7. The number of ether oxygens (including phenoxy) is 2. The van der Waals surface area contributed by atoms with Crippen LogP contribution < -0.4 is 14.4 Å². The number of halogens is 1. The third-order valence-corrected chi connectivity index (χ3v) is 5.73. The molecule has 0 aromatic heterocycles. The molecular weight excluding hydrogens is 454 g/mol. The number of ketones is 1. The number of Topliss-reactive ketones (excluding diaryl/α,β-unsaturated/α-hetero) is 1. The van der Waals surface area contributed by atoms with Gasteiger partial charge in [0, 0.05) is 22.3 Å². The van der Waals surface area contributed by atoms with Crippen LogP contribution in [0, 0.1) is 0 Å². The van der Waals surface area contributed by atoms with Gasteiger partial charge < -0.3 is 14.6 Å². The molecule has 1 fully saturated rings. The number of hydrogen-bond donors (Lipinski definition) is 1. The minimum Gasteiger partial charge on any atom is -0.507 e. The highest BCUT2D eigenvalue weighted by atomic mass is 35.5. The average Bonchev–Trinajstić information content (AvgIpc) is 3.10. The minimum absolute atomic E-state index is 0.00158. The van der Waals surface area contributed by atoms with E-state index >= 15 is 0 Å². The fourth-order valence-corrected chi connectivity index (χ4v) is 4.11. The van der Waals surface area contributed by atoms with Crippen molar-refractivity contribution in [2.75, 3.05) is 18.1 Å². The zero-order valence-corrected chi connectivity index (χ0v) is 19.6. The van der Waals surface area contributed by atoms with Crippen LogP contribution in [0.25, 0.3) is 5.76 Å². The van der Waals surface area contributed by atoms with Gasteiger partial charge in [-0.15, -0.1) is 0 Å². The molecule has 0 radical (unpaired) electrons. The first-order valence-corrected chi connectivity index (χ1v) is 11.3. The second kappa shape index (κ2) is 10.0. The summed E-state index contributed by atoms with van der Waals surface area (Å²) in [5.41, 5.74) is 1.53. The number of carbonyl (C=O) groups is 2. The molecule has 1 aliphatic heterocycles. The Labute approximate surface area is 203 Å². The van der Waals surface area contributed by atoms with Gasteiger partial charge in [-0.1, -0.05) is 29.8 Å². The first-order chi connectivity index (χ1) is 16.4. The highest BCUT2D eigenvalue weighted by molar-refractivity contribution is 6.51. The van der Waals surface area contributed by atoms with E-state index in [2.05, 4.69) is 0 Å². The van der Waals surface area contributed by atoms with Crippen LogP contribution in [0.1, 0.15) is 31.0 Å². The van der Waals surface area contributed by atoms with Crippen molar-refractivity contribution in [2.24, 2.45) is 0 Å². The summed E-state index contributed by atoms with van der Waals surface area (Å²) in [5, 5.41) is 11.7. The largest absolute Gasteiger partial charge is 0.507 e. The lowest BCUT2D eigenvalue weighted by molar-refractivity contribution is -0.132. The van der Waals surface area contributed by atoms with Crippen LogP contribution in [0.4, 0.5) is 5.69 Å². The Morgan fingerprint density at radius 2 is 1.56 bits per heavy atom. The smallest absolute Gasteiger partial charge is 0.300 e. The van der Waals surface area contributed by atoms with Crippen molar-refractivity contribution in [3.05, 3.63) is 94.5 Å². The fraction of sp³-hybridized carbons (Fsp3) is 0.185. The van der Waals surface area contributed by atoms with E-state index < -0.39 is 17.7 Å². The van der Waals surface area contributed by atoms with Gasteiger partial charge in [0.2, 0.25) is 0 Å². The van der Waals surface area contributed by atoms with Gasteiger partial charge in [0.05, 0.1) is 24.8 Å². The van der Waals surface area contributed by atoms with Crippen LogP contribution >= 0.6 is 11.6 Å². The van der Waals surface area contributed by atoms with E-state index in [1.807, 2.05) is 13.8 Å². The molecule has 34 heavy (non-hydrogen) atoms. The lowest BCUT2D eigenvalue weighted by Gasteiger charge is -2.26. The summed E-state index contributed by atoms with van der Waals surface area (Å²) in [6.45, 7) is 4.71. The number of carbonyl (C=O) groups excluding carboxylic acids is 2. The van der Waals surface area contributed by atoms with Crippen LogP contribution in [-0.2, 0) is 9.59 Å². The maximum atomic E-state index is 13.3. The van der Waals surface area contributed by atoms with E-state index in [4.69, 9.17) is 21.1 Å². The molecule has 0 saturated carbocycles. The molecule has 174 valence electrons. The zero-order valence-electron chi connectivity index (χ0n) is 18.8. The first kappa shape index (κ1) is 23.4. The lowest BCUT2D eigenvalue weighted by atomic mass is 9.95. The van der Waals surface area contributed by atoms with Crippen molar-refractivity contribution in [3.8, 4) is 11.5 Å². The second-order valence-corrected chi connectivity index (χ2v) is 8.04. The Kier molecular flexibility index (Phi) is 6.89. The normalized spacial score (nSPS) is 17.1. The topological polar surface area (TPSA) is 76.1 Å². The molecular formula is C27H24ClNO5. The molecule has 1 atom stereocenters. The van der Waals surface area contributed by atoms with Crippen molar-refractivity contribution in [2.45, 2.75) is 19.9 Å². The van der Waals surface area contributed by atoms with Gasteiger partial charge in [-0.2, -0.15) is 0 Å². The lowest BCUT2D eigenvalue weighted by Crippen LogP contribution is -2.29. The summed E-state index contributed by atoms with van der Waals surface area (Å²) in [4.78, 5) is 27.9. The van der Waals surface area contributed by atoms with Crippen LogP contribution in [0.2, 0.25) is 5.02 Å². The maximum Gasteiger partial charge on any atom is 0.300 e. The Bertz CT molecular complexity index is 1230. The van der Waals surface area contributed by atoms with Gasteiger partial charge in [0.1, 0.15) is 17.3 Å². The van der Waals surface area contributed by atoms with Crippen LogP contribution in [0.3, 0.4) is 0 Å². The molecule has 1 heterocycles. The summed E-state index contributed by atoms with van der Waals surface area (Å²) >= 11 is 6.08. The Balaban J connectivity index is 1.87. The molecule has 1 saturated heterocycles. The Hall–Kier alpha value is -3.77. The molecule has 0 bridgehead atoms. The molecule has 1 unspecified atom stereocenters. The third-order valence-electron chi connectivity index (χ3n) is 5.48. The van der Waals surface area contributed by atoms with Crippen molar-refractivity contribution in [1.82, 2.24) is 0 Å². The van der Waals surface area contributed by atoms with Gasteiger partial charge in [-0.3, -0.25) is 14.5 Å². The van der Waals surface area contributed by atoms with Gasteiger partial charge in [-0.25, -0.2) is 0 Å². The monoisotopic (exact) mass is 477 g/mol. The van der Waals surface area contributed by atoms with Crippen LogP contribution in [0.5, 0.6) is 11.5 Å². The van der Waals surface area contributed by atoms with Crippen molar-refractivity contribution in [1.29, 1.82) is 0 Å². The van der Waals surface area contributed by atoms with Gasteiger partial charge in [0.15, 0.2) is 0 Å². The first-order valence-electron chi connectivity index (χ1n) is 11.0. The molecule has 1 aliphatic rings. The van der Waals surface area contributed by atoms with Crippen molar-refractivity contribution < 1.29 is 24.2 Å². The Morgan fingerprint density at radius 1 is 0.912 bits per heavy atom. The standard InChI is InChI=1S/C27H24ClNO5/c1-3-33-21-14-10-18(11-15-21)25(30)23-24(17-8-12-19(28)13-9-17)29(27(32)26(23)31)20-6-5-7-22(16-20)34-4-2/h5-16,24,30H,3-4H2,1-2H3/b25-23+. The van der Waals surface area contributed by atoms with E-state index in [-0.39, 0.29) is 11.3 Å². The van der Waals surface area contributed by atoms with E-state index in [0.29, 0.717) is 46.5 Å². The number of aliphatic hydroxyl groups excluding tert-OH is 1. The Morgan fingerprint density at radius 3 is 2.21 bits per heavy atom. The molecule has 3 aromatic rings. The summed E-state index contributed by atoms with van der Waals surface area (Å²) in [6.07, 6.45) is 0. The predicted molar refractivity (Wildman–Crippen MR) is 131 cm³/mol. The average molecular weight is 478 g/mol. The van der Waals surface area contributed by atoms with Crippen molar-refractivity contribution >= 4 is 34.7 Å². The molecule has 0 aliphatic carbocycles. The van der Waals surface area contributed by atoms with E-state index in [0.717, 1.165) is 0 Å². The summed E-state index contributed by atoms with van der Waals surface area (Å²) in [7, 11) is 0. The number of nitrogens with zero attached hydrogens (tertiary/aromatic N) is 1. The number of anilines is 1. The highest BCUT2D eigenvalue weighted by Gasteiger charge is 2.47. The second-order valence-electron chi connectivity index (χ2n) is 7.61. The number of hydrogen-bond acceptors (Lipinski definition) is 5. The van der Waals surface area contributed by atoms with Gasteiger partial charge in [0.25, 0.3) is 11.7 Å². The molecule has 6 nitrogen and oxygen atoms in total. The highest BCUT2D eigenvalue weighted by Crippen LogP contribution is 2.43. The number of amides is 1. The number of aliphatic hydroxyl groups is 1. The van der Waals surface area contributed by atoms with E-state index in [9.17, 15) is 14.7 Å². The molecule has 1 amide bonds. The van der Waals surface area contributed by atoms with E-state index in [1.54, 1.807) is 72.8 Å². The summed E-state index contributed by atoms with van der Waals surface area (Å²) in [6, 6.07) is 19.7. The predicted octanol–water partition coefficient (Wildman–Crippen LogP) is 5.76. The van der Waals surface area contributed by atoms with Gasteiger partial charge in [-0.05, 0) is 67.9 Å². The molecule has 0 spiro atoms. The summed E-state index contributed by atoms with van der Waals surface area (Å²) in [5.74, 6) is -0.552. The minimum atomic E-state index is -0.847. The van der Waals surface area contributed by atoms with Crippen LogP contribution in [-0.4, -0.2) is 30.0 Å². The van der Waals surface area contributed by atoms with Crippen molar-refractivity contribution in [3.63, 3.8) is 0 Å². The van der Waals surface area contributed by atoms with E-state index in [1.165, 1.54) is 4.90 Å². The SMILES string of the molecule is CCOc1ccc(/C(O)=C2\C(=O)C(=O)N(c3cccc(OCC)c3)C2c2ccc(Cl)cc2)cc1. The zero-order chi connectivity index (χ0) is 24.2. The maximum absolute atomic E-state index is 13.3. The summed E-state index contributed by atoms with van der Waals surface area (Å²) < 4.78 is 11.0. The van der Waals surface area contributed by atoms with Crippen LogP contribution in [0.15, 0.2) is 78.4 Å².